The van der Waals surface area contributed by atoms with Gasteiger partial charge in [-0.3, -0.25) is 9.36 Å². The van der Waals surface area contributed by atoms with Crippen molar-refractivity contribution in [3.05, 3.63) is 89.7 Å². The average Bonchev–Trinajstić information content (AvgIpc) is 3.44. The molecule has 7 nitrogen and oxygen atoms in total. The highest BCUT2D eigenvalue weighted by molar-refractivity contribution is 5.95. The molecule has 4 heterocycles. The first kappa shape index (κ1) is 19.5. The molecule has 4 aromatic rings. The molecule has 0 aliphatic carbocycles. The highest BCUT2D eigenvalue weighted by Gasteiger charge is 2.32. The topological polar surface area (TPSA) is 67.7 Å². The zero-order valence-corrected chi connectivity index (χ0v) is 17.8. The summed E-state index contributed by atoms with van der Waals surface area (Å²) in [6.45, 7) is 8.46. The fraction of sp³-hybridized carbons (Fsp3) is 0.192. The van der Waals surface area contributed by atoms with E-state index in [0.717, 1.165) is 40.3 Å². The van der Waals surface area contributed by atoms with E-state index in [1.54, 1.807) is 11.1 Å². The SMILES string of the molecule is [C-]#[N+]c1ccc(-c2cc3n(c2)Cc2cc(C(=O)N4CC[C@H]4CO)ccc2-n2ccnc2-3)cc1. The average molecular weight is 435 g/mol. The van der Waals surface area contributed by atoms with Gasteiger partial charge in [-0.2, -0.15) is 0 Å². The molecule has 0 unspecified atom stereocenters. The van der Waals surface area contributed by atoms with Gasteiger partial charge in [0.2, 0.25) is 0 Å². The summed E-state index contributed by atoms with van der Waals surface area (Å²) in [5.74, 6) is 0.812. The Kier molecular flexibility index (Phi) is 4.42. The van der Waals surface area contributed by atoms with Crippen molar-refractivity contribution in [3.63, 3.8) is 0 Å². The van der Waals surface area contributed by atoms with Crippen molar-refractivity contribution >= 4 is 11.6 Å². The van der Waals surface area contributed by atoms with E-state index in [2.05, 4.69) is 31.2 Å². The van der Waals surface area contributed by atoms with Gasteiger partial charge in [-0.1, -0.05) is 24.3 Å². The number of carbonyl (C=O) groups excluding carboxylic acids is 1. The van der Waals surface area contributed by atoms with Crippen LogP contribution in [0.3, 0.4) is 0 Å². The van der Waals surface area contributed by atoms with Gasteiger partial charge >= 0.3 is 0 Å². The summed E-state index contributed by atoms with van der Waals surface area (Å²) in [6.07, 6.45) is 6.68. The van der Waals surface area contributed by atoms with Gasteiger partial charge in [0.15, 0.2) is 11.5 Å². The van der Waals surface area contributed by atoms with E-state index in [1.807, 2.05) is 48.7 Å². The van der Waals surface area contributed by atoms with Gasteiger partial charge in [0.05, 0.1) is 30.6 Å². The number of carbonyl (C=O) groups is 1. The lowest BCUT2D eigenvalue weighted by Crippen LogP contribution is -2.52. The van der Waals surface area contributed by atoms with Crippen molar-refractivity contribution in [2.75, 3.05) is 13.2 Å². The number of aliphatic hydroxyl groups is 1. The summed E-state index contributed by atoms with van der Waals surface area (Å²) in [5, 5.41) is 9.48. The summed E-state index contributed by atoms with van der Waals surface area (Å²) in [5.41, 5.74) is 6.39. The molecular formula is C26H21N5O2. The molecule has 1 N–H and O–H groups in total. The molecule has 2 aromatic heterocycles. The molecule has 0 spiro atoms. The van der Waals surface area contributed by atoms with Crippen LogP contribution in [-0.4, -0.2) is 49.2 Å². The normalized spacial score (nSPS) is 16.1. The number of imidazole rings is 1. The molecule has 162 valence electrons. The third-order valence-electron chi connectivity index (χ3n) is 6.64. The fourth-order valence-electron chi connectivity index (χ4n) is 4.73. The first-order chi connectivity index (χ1) is 16.2. The number of hydrogen-bond acceptors (Lipinski definition) is 3. The molecule has 0 radical (unpaired) electrons. The number of benzene rings is 2. The lowest BCUT2D eigenvalue weighted by molar-refractivity contribution is 0.0296. The molecule has 6 rings (SSSR count). The van der Waals surface area contributed by atoms with Gasteiger partial charge in [0, 0.05) is 42.8 Å². The van der Waals surface area contributed by atoms with Gasteiger partial charge in [-0.25, -0.2) is 9.83 Å². The van der Waals surface area contributed by atoms with E-state index in [9.17, 15) is 9.90 Å². The third kappa shape index (κ3) is 3.07. The molecule has 2 aromatic carbocycles. The first-order valence-electron chi connectivity index (χ1n) is 10.9. The summed E-state index contributed by atoms with van der Waals surface area (Å²) in [6, 6.07) is 15.4. The molecule has 33 heavy (non-hydrogen) atoms. The van der Waals surface area contributed by atoms with Crippen LogP contribution in [0.25, 0.3) is 33.2 Å². The Morgan fingerprint density at radius 2 is 2.00 bits per heavy atom. The Morgan fingerprint density at radius 1 is 1.15 bits per heavy atom. The minimum atomic E-state index is -0.0792. The zero-order valence-electron chi connectivity index (χ0n) is 17.8. The van der Waals surface area contributed by atoms with E-state index >= 15 is 0 Å². The van der Waals surface area contributed by atoms with Crippen LogP contribution in [0.15, 0.2) is 67.1 Å². The fourth-order valence-corrected chi connectivity index (χ4v) is 4.73. The molecule has 1 fully saturated rings. The largest absolute Gasteiger partial charge is 0.394 e. The first-order valence-corrected chi connectivity index (χ1v) is 10.9. The number of fused-ring (bicyclic) bond motifs is 5. The van der Waals surface area contributed by atoms with Gasteiger partial charge in [-0.15, -0.1) is 0 Å². The Bertz CT molecular complexity index is 1420. The number of aromatic nitrogens is 3. The Balaban J connectivity index is 1.41. The Hall–Kier alpha value is -4.15. The Morgan fingerprint density at radius 3 is 2.73 bits per heavy atom. The minimum absolute atomic E-state index is 0.00144. The molecule has 2 aliphatic rings. The molecular weight excluding hydrogens is 414 g/mol. The van der Waals surface area contributed by atoms with Crippen LogP contribution in [-0.2, 0) is 6.54 Å². The number of aliphatic hydroxyl groups excluding tert-OH is 1. The summed E-state index contributed by atoms with van der Waals surface area (Å²) in [4.78, 5) is 22.9. The van der Waals surface area contributed by atoms with Crippen LogP contribution in [0.5, 0.6) is 0 Å². The van der Waals surface area contributed by atoms with Crippen LogP contribution in [0.4, 0.5) is 5.69 Å². The van der Waals surface area contributed by atoms with Crippen molar-refractivity contribution < 1.29 is 9.90 Å². The van der Waals surface area contributed by atoms with E-state index in [0.29, 0.717) is 24.3 Å². The lowest BCUT2D eigenvalue weighted by atomic mass is 10.0. The van der Waals surface area contributed by atoms with E-state index in [-0.39, 0.29) is 18.6 Å². The van der Waals surface area contributed by atoms with Crippen LogP contribution in [0, 0.1) is 6.57 Å². The van der Waals surface area contributed by atoms with Crippen LogP contribution in [0.1, 0.15) is 22.3 Å². The summed E-state index contributed by atoms with van der Waals surface area (Å²) < 4.78 is 4.23. The number of hydrogen-bond donors (Lipinski definition) is 1. The smallest absolute Gasteiger partial charge is 0.254 e. The second-order valence-corrected chi connectivity index (χ2v) is 8.49. The third-order valence-corrected chi connectivity index (χ3v) is 6.64. The standard InChI is InChI=1S/C26H21N5O2/c1-27-21-5-2-17(3-6-21)19-13-24-25-28-9-11-31(25)23-7-4-18(12-20(23)15-29(24)14-19)26(33)30-10-8-22(30)16-32/h2-7,9,11-14,22,32H,8,10,15-16H2/t22-/m0/s1. The highest BCUT2D eigenvalue weighted by atomic mass is 16.3. The van der Waals surface area contributed by atoms with E-state index < -0.39 is 0 Å². The van der Waals surface area contributed by atoms with Gasteiger partial charge in [0.1, 0.15) is 0 Å². The number of rotatable bonds is 3. The number of amides is 1. The molecule has 1 atom stereocenters. The van der Waals surface area contributed by atoms with Gasteiger partial charge < -0.3 is 14.6 Å². The second kappa shape index (κ2) is 7.47. The van der Waals surface area contributed by atoms with Crippen molar-refractivity contribution in [2.24, 2.45) is 0 Å². The second-order valence-electron chi connectivity index (χ2n) is 8.49. The lowest BCUT2D eigenvalue weighted by Gasteiger charge is -2.40. The number of nitrogens with zero attached hydrogens (tertiary/aromatic N) is 5. The van der Waals surface area contributed by atoms with Gasteiger partial charge in [-0.05, 0) is 41.8 Å². The predicted molar refractivity (Wildman–Crippen MR) is 124 cm³/mol. The summed E-state index contributed by atoms with van der Waals surface area (Å²) >= 11 is 0. The van der Waals surface area contributed by atoms with Crippen LogP contribution < -0.4 is 0 Å². The van der Waals surface area contributed by atoms with Crippen LogP contribution >= 0.6 is 0 Å². The molecule has 1 saturated heterocycles. The zero-order chi connectivity index (χ0) is 22.5. The van der Waals surface area contributed by atoms with Crippen molar-refractivity contribution in [3.8, 4) is 28.3 Å². The Labute approximate surface area is 191 Å². The molecule has 7 heteroatoms. The number of likely N-dealkylation sites (tertiary alicyclic amines) is 1. The summed E-state index contributed by atoms with van der Waals surface area (Å²) in [7, 11) is 0. The highest BCUT2D eigenvalue weighted by Crippen LogP contribution is 2.35. The monoisotopic (exact) mass is 435 g/mol. The van der Waals surface area contributed by atoms with Gasteiger partial charge in [0.25, 0.3) is 5.91 Å². The predicted octanol–water partition coefficient (Wildman–Crippen LogP) is 4.13. The maximum atomic E-state index is 13.0. The minimum Gasteiger partial charge on any atom is -0.394 e. The molecule has 0 bridgehead atoms. The van der Waals surface area contributed by atoms with Crippen molar-refractivity contribution in [1.29, 1.82) is 0 Å². The van der Waals surface area contributed by atoms with Crippen molar-refractivity contribution in [2.45, 2.75) is 19.0 Å². The quantitative estimate of drug-likeness (QED) is 0.434. The molecule has 0 saturated carbocycles. The van der Waals surface area contributed by atoms with Crippen molar-refractivity contribution in [1.82, 2.24) is 19.0 Å². The molecule has 1 amide bonds. The van der Waals surface area contributed by atoms with E-state index in [1.165, 1.54) is 0 Å². The maximum absolute atomic E-state index is 13.0. The molecule has 2 aliphatic heterocycles. The van der Waals surface area contributed by atoms with E-state index in [4.69, 9.17) is 6.57 Å². The maximum Gasteiger partial charge on any atom is 0.254 e. The van der Waals surface area contributed by atoms with Crippen LogP contribution in [0.2, 0.25) is 0 Å².